The molecule has 27 heavy (non-hydrogen) atoms. The Hall–Kier alpha value is -1.52. The van der Waals surface area contributed by atoms with Crippen molar-refractivity contribution < 1.29 is 5.11 Å². The molecule has 0 spiro atoms. The van der Waals surface area contributed by atoms with Gasteiger partial charge in [0.1, 0.15) is 0 Å². The molecule has 4 unspecified atom stereocenters. The first-order valence-corrected chi connectivity index (χ1v) is 10.6. The van der Waals surface area contributed by atoms with Crippen molar-refractivity contribution in [1.29, 1.82) is 0 Å². The van der Waals surface area contributed by atoms with Crippen molar-refractivity contribution in [3.63, 3.8) is 0 Å². The molecule has 2 N–H and O–H groups in total. The number of aliphatic hydroxyl groups excluding tert-OH is 1. The van der Waals surface area contributed by atoms with Crippen LogP contribution in [0.1, 0.15) is 69.9 Å². The summed E-state index contributed by atoms with van der Waals surface area (Å²) in [4.78, 5) is 0. The summed E-state index contributed by atoms with van der Waals surface area (Å²) in [5.41, 5.74) is 5.44. The molecular formula is C23H33N2O2-. The molecule has 0 saturated heterocycles. The maximum Gasteiger partial charge on any atom is 0.0479 e. The first kappa shape index (κ1) is 18.8. The average molecular weight is 370 g/mol. The van der Waals surface area contributed by atoms with Gasteiger partial charge in [-0.1, -0.05) is 45.8 Å². The van der Waals surface area contributed by atoms with Gasteiger partial charge in [0.25, 0.3) is 0 Å². The van der Waals surface area contributed by atoms with Gasteiger partial charge in [0.15, 0.2) is 0 Å². The number of rotatable bonds is 5. The highest BCUT2D eigenvalue weighted by Crippen LogP contribution is 2.56. The van der Waals surface area contributed by atoms with Crippen LogP contribution in [0.15, 0.2) is 24.3 Å². The third-order valence-electron chi connectivity index (χ3n) is 7.30. The minimum absolute atomic E-state index is 0.0386. The number of benzene rings is 1. The molecule has 4 heteroatoms. The van der Waals surface area contributed by atoms with Gasteiger partial charge in [-0.05, 0) is 48.3 Å². The number of hydrogen-bond donors (Lipinski definition) is 2. The molecule has 4 atom stereocenters. The van der Waals surface area contributed by atoms with Crippen LogP contribution in [0.2, 0.25) is 0 Å². The Morgan fingerprint density at radius 1 is 1.33 bits per heavy atom. The van der Waals surface area contributed by atoms with Gasteiger partial charge in [-0.15, -0.1) is 0 Å². The monoisotopic (exact) mass is 369 g/mol. The van der Waals surface area contributed by atoms with Gasteiger partial charge < -0.3 is 20.7 Å². The normalized spacial score (nSPS) is 29.4. The van der Waals surface area contributed by atoms with E-state index in [9.17, 15) is 10.3 Å². The first-order valence-electron chi connectivity index (χ1n) is 10.6. The molecular weight excluding hydrogens is 336 g/mol. The van der Waals surface area contributed by atoms with Crippen LogP contribution in [0.25, 0.3) is 0 Å². The number of aliphatic hydroxyl groups is 1. The van der Waals surface area contributed by atoms with E-state index in [2.05, 4.69) is 44.8 Å². The van der Waals surface area contributed by atoms with Crippen LogP contribution in [0.3, 0.4) is 0 Å². The third-order valence-corrected chi connectivity index (χ3v) is 7.30. The van der Waals surface area contributed by atoms with Gasteiger partial charge in [-0.2, -0.15) is 0 Å². The smallest absolute Gasteiger partial charge is 0.0479 e. The van der Waals surface area contributed by atoms with Crippen LogP contribution in [0.4, 0.5) is 11.4 Å². The van der Waals surface area contributed by atoms with E-state index in [-0.39, 0.29) is 29.9 Å². The summed E-state index contributed by atoms with van der Waals surface area (Å²) in [6.45, 7) is 11.7. The Morgan fingerprint density at radius 3 is 2.81 bits per heavy atom. The van der Waals surface area contributed by atoms with Crippen molar-refractivity contribution in [3.05, 3.63) is 40.6 Å². The van der Waals surface area contributed by atoms with Crippen molar-refractivity contribution in [1.82, 2.24) is 0 Å². The third kappa shape index (κ3) is 2.98. The van der Waals surface area contributed by atoms with E-state index in [1.807, 2.05) is 0 Å². The maximum absolute atomic E-state index is 13.1. The van der Waals surface area contributed by atoms with Crippen LogP contribution >= 0.6 is 0 Å². The van der Waals surface area contributed by atoms with Crippen molar-refractivity contribution in [3.8, 4) is 0 Å². The quantitative estimate of drug-likeness (QED) is 0.723. The van der Waals surface area contributed by atoms with Crippen molar-refractivity contribution in [2.24, 2.45) is 11.8 Å². The lowest BCUT2D eigenvalue weighted by molar-refractivity contribution is 0.152. The molecule has 4 nitrogen and oxygen atoms in total. The summed E-state index contributed by atoms with van der Waals surface area (Å²) in [6, 6.07) is 4.63. The van der Waals surface area contributed by atoms with Crippen LogP contribution in [-0.2, 0) is 5.41 Å². The summed E-state index contributed by atoms with van der Waals surface area (Å²) in [5, 5.41) is 27.9. The molecule has 2 aliphatic heterocycles. The van der Waals surface area contributed by atoms with Crippen molar-refractivity contribution in [2.45, 2.75) is 70.3 Å². The first-order chi connectivity index (χ1) is 12.9. The van der Waals surface area contributed by atoms with Crippen molar-refractivity contribution in [2.75, 3.05) is 23.5 Å². The fourth-order valence-electron chi connectivity index (χ4n) is 5.58. The molecule has 4 rings (SSSR count). The van der Waals surface area contributed by atoms with E-state index in [1.54, 1.807) is 0 Å². The second-order valence-electron chi connectivity index (χ2n) is 9.46. The highest BCUT2D eigenvalue weighted by molar-refractivity contribution is 5.76. The molecule has 0 bridgehead atoms. The molecule has 1 aromatic rings. The van der Waals surface area contributed by atoms with E-state index >= 15 is 0 Å². The summed E-state index contributed by atoms with van der Waals surface area (Å²) in [7, 11) is 0. The number of hydroxylamine groups is 1. The van der Waals surface area contributed by atoms with Crippen LogP contribution < -0.4 is 10.4 Å². The standard InChI is InChI=1S/C23H33N2O2/c1-5-6-9-23(3,4)16-10-18-21-19(11-16)25(27)12-14(2)17-8-7-15(13-26)22(24-18)20(17)21/h10-11,15,17,20,22,24,26H,2,5-9,12-13H2,1,3-4H3/q-1. The maximum atomic E-state index is 13.1. The molecule has 0 aromatic heterocycles. The Morgan fingerprint density at radius 2 is 2.11 bits per heavy atom. The van der Waals surface area contributed by atoms with Crippen LogP contribution in [-0.4, -0.2) is 24.3 Å². The number of anilines is 2. The van der Waals surface area contributed by atoms with Gasteiger partial charge in [0.05, 0.1) is 0 Å². The number of unbranched alkanes of at least 4 members (excludes halogenated alkanes) is 1. The summed E-state index contributed by atoms with van der Waals surface area (Å²) < 4.78 is 0. The number of nitrogens with zero attached hydrogens (tertiary/aromatic N) is 1. The molecule has 1 aliphatic carbocycles. The SMILES string of the molecule is C=C1CN([O-])c2cc(C(C)(C)CCCC)cc3c2C2C1CCC(CO)C2N3. The predicted molar refractivity (Wildman–Crippen MR) is 112 cm³/mol. The highest BCUT2D eigenvalue weighted by atomic mass is 16.5. The minimum atomic E-state index is 0.0386. The number of hydrogen-bond acceptors (Lipinski definition) is 4. The van der Waals surface area contributed by atoms with Gasteiger partial charge >= 0.3 is 0 Å². The van der Waals surface area contributed by atoms with Gasteiger partial charge in [0, 0.05) is 48.0 Å². The molecule has 148 valence electrons. The molecule has 2 heterocycles. The van der Waals surface area contributed by atoms with E-state index in [4.69, 9.17) is 0 Å². The zero-order valence-corrected chi connectivity index (χ0v) is 16.9. The Balaban J connectivity index is 1.83. The summed E-state index contributed by atoms with van der Waals surface area (Å²) in [6.07, 6.45) is 5.48. The van der Waals surface area contributed by atoms with Gasteiger partial charge in [-0.3, -0.25) is 0 Å². The van der Waals surface area contributed by atoms with E-state index in [0.29, 0.717) is 12.5 Å². The fraction of sp³-hybridized carbons (Fsp3) is 0.652. The van der Waals surface area contributed by atoms with Crippen molar-refractivity contribution >= 4 is 11.4 Å². The predicted octanol–water partition coefficient (Wildman–Crippen LogP) is 4.92. The molecule has 1 fully saturated rings. The lowest BCUT2D eigenvalue weighted by atomic mass is 9.67. The van der Waals surface area contributed by atoms with Gasteiger partial charge in [0.2, 0.25) is 0 Å². The Kier molecular flexibility index (Phi) is 4.76. The topological polar surface area (TPSA) is 58.6 Å². The van der Waals surface area contributed by atoms with Gasteiger partial charge in [-0.25, -0.2) is 0 Å². The van der Waals surface area contributed by atoms with Crippen LogP contribution in [0, 0.1) is 17.0 Å². The van der Waals surface area contributed by atoms with E-state index in [0.717, 1.165) is 41.3 Å². The molecule has 1 aromatic carbocycles. The van der Waals surface area contributed by atoms with E-state index < -0.39 is 0 Å². The summed E-state index contributed by atoms with van der Waals surface area (Å²) >= 11 is 0. The lowest BCUT2D eigenvalue weighted by Gasteiger charge is -2.39. The van der Waals surface area contributed by atoms with Crippen LogP contribution in [0.5, 0.6) is 0 Å². The fourth-order valence-corrected chi connectivity index (χ4v) is 5.58. The van der Waals surface area contributed by atoms with E-state index in [1.165, 1.54) is 24.0 Å². The minimum Gasteiger partial charge on any atom is -0.758 e. The second kappa shape index (κ2) is 6.82. The average Bonchev–Trinajstić information content (AvgIpc) is 2.99. The largest absolute Gasteiger partial charge is 0.758 e. The molecule has 0 radical (unpaired) electrons. The zero-order chi connectivity index (χ0) is 19.3. The lowest BCUT2D eigenvalue weighted by Crippen LogP contribution is -2.40. The zero-order valence-electron chi connectivity index (χ0n) is 16.9. The Labute approximate surface area is 163 Å². The molecule has 0 amide bonds. The second-order valence-corrected chi connectivity index (χ2v) is 9.46. The molecule has 1 saturated carbocycles. The highest BCUT2D eigenvalue weighted by Gasteiger charge is 2.48. The summed E-state index contributed by atoms with van der Waals surface area (Å²) in [5.74, 6) is 0.845. The molecule has 3 aliphatic rings. The number of nitrogens with one attached hydrogen (secondary N) is 1. The Bertz CT molecular complexity index is 742.